The van der Waals surface area contributed by atoms with Crippen LogP contribution in [0, 0.1) is 5.82 Å². The fraction of sp³-hybridized carbons (Fsp3) is 0.571. The Bertz CT molecular complexity index is 598. The van der Waals surface area contributed by atoms with Crippen molar-refractivity contribution in [1.82, 2.24) is 5.32 Å². The van der Waals surface area contributed by atoms with Crippen molar-refractivity contribution in [1.29, 1.82) is 0 Å². The number of sulfone groups is 1. The van der Waals surface area contributed by atoms with E-state index in [-0.39, 0.29) is 17.3 Å². The highest BCUT2D eigenvalue weighted by Crippen LogP contribution is 2.24. The fourth-order valence-corrected chi connectivity index (χ4v) is 3.92. The van der Waals surface area contributed by atoms with Crippen LogP contribution in [0.4, 0.5) is 4.39 Å². The second-order valence-corrected chi connectivity index (χ2v) is 7.79. The average Bonchev–Trinajstić information content (AvgIpc) is 3.15. The second-order valence-electron chi connectivity index (χ2n) is 5.56. The summed E-state index contributed by atoms with van der Waals surface area (Å²) in [6.45, 7) is 0.652. The lowest BCUT2D eigenvalue weighted by Crippen LogP contribution is -2.19. The Morgan fingerprint density at radius 3 is 2.70 bits per heavy atom. The van der Waals surface area contributed by atoms with Crippen LogP contribution in [-0.2, 0) is 16.4 Å². The summed E-state index contributed by atoms with van der Waals surface area (Å²) in [7, 11) is -3.01. The van der Waals surface area contributed by atoms with Crippen molar-refractivity contribution >= 4 is 9.84 Å². The summed E-state index contributed by atoms with van der Waals surface area (Å²) in [6, 6.07) is 5.44. The Balaban J connectivity index is 1.61. The Labute approximate surface area is 118 Å². The van der Waals surface area contributed by atoms with Crippen molar-refractivity contribution in [3.63, 3.8) is 0 Å². The predicted octanol–water partition coefficient (Wildman–Crippen LogP) is 1.64. The molecule has 0 radical (unpaired) electrons. The number of ether oxygens (including phenoxy) is 1. The smallest absolute Gasteiger partial charge is 0.165 e. The van der Waals surface area contributed by atoms with Gasteiger partial charge in [-0.05, 0) is 37.0 Å². The SMILES string of the molecule is O=S1(=O)CCC(Oc2ccc(CNC3CC3)cc2F)C1. The topological polar surface area (TPSA) is 55.4 Å². The van der Waals surface area contributed by atoms with Gasteiger partial charge in [0.2, 0.25) is 0 Å². The van der Waals surface area contributed by atoms with Gasteiger partial charge in [0, 0.05) is 12.6 Å². The Morgan fingerprint density at radius 2 is 2.10 bits per heavy atom. The molecule has 4 nitrogen and oxygen atoms in total. The molecule has 0 spiro atoms. The summed E-state index contributed by atoms with van der Waals surface area (Å²) in [6.07, 6.45) is 2.40. The van der Waals surface area contributed by atoms with Gasteiger partial charge in [-0.2, -0.15) is 0 Å². The zero-order chi connectivity index (χ0) is 14.2. The van der Waals surface area contributed by atoms with Gasteiger partial charge in [-0.15, -0.1) is 0 Å². The molecule has 1 aromatic carbocycles. The zero-order valence-corrected chi connectivity index (χ0v) is 12.0. The minimum Gasteiger partial charge on any atom is -0.486 e. The van der Waals surface area contributed by atoms with Crippen molar-refractivity contribution in [2.24, 2.45) is 0 Å². The quantitative estimate of drug-likeness (QED) is 0.898. The molecule has 2 fully saturated rings. The molecule has 0 amide bonds. The highest BCUT2D eigenvalue weighted by Gasteiger charge is 2.30. The molecule has 110 valence electrons. The molecule has 6 heteroatoms. The van der Waals surface area contributed by atoms with Gasteiger partial charge in [-0.1, -0.05) is 6.07 Å². The van der Waals surface area contributed by atoms with E-state index in [1.807, 2.05) is 6.07 Å². The molecule has 0 bridgehead atoms. The lowest BCUT2D eigenvalue weighted by Gasteiger charge is -2.13. The van der Waals surface area contributed by atoms with Crippen LogP contribution >= 0.6 is 0 Å². The standard InChI is InChI=1S/C14H18FNO3S/c15-13-7-10(8-16-11-2-3-11)1-4-14(13)19-12-5-6-20(17,18)9-12/h1,4,7,11-12,16H,2-3,5-6,8-9H2. The molecule has 1 N–H and O–H groups in total. The minimum atomic E-state index is -3.01. The molecule has 1 unspecified atom stereocenters. The largest absolute Gasteiger partial charge is 0.486 e. The number of rotatable bonds is 5. The Morgan fingerprint density at radius 1 is 1.30 bits per heavy atom. The molecular formula is C14H18FNO3S. The lowest BCUT2D eigenvalue weighted by molar-refractivity contribution is 0.218. The summed E-state index contributed by atoms with van der Waals surface area (Å²) >= 11 is 0. The molecule has 1 saturated carbocycles. The molecule has 1 atom stereocenters. The first kappa shape index (κ1) is 13.8. The van der Waals surface area contributed by atoms with E-state index in [2.05, 4.69) is 5.32 Å². The molecule has 0 aromatic heterocycles. The van der Waals surface area contributed by atoms with E-state index in [4.69, 9.17) is 4.74 Å². The van der Waals surface area contributed by atoms with E-state index >= 15 is 0 Å². The van der Waals surface area contributed by atoms with Crippen LogP contribution in [0.3, 0.4) is 0 Å². The number of nitrogens with one attached hydrogen (secondary N) is 1. The van der Waals surface area contributed by atoms with E-state index in [1.54, 1.807) is 6.07 Å². The molecular weight excluding hydrogens is 281 g/mol. The monoisotopic (exact) mass is 299 g/mol. The van der Waals surface area contributed by atoms with Gasteiger partial charge in [0.25, 0.3) is 0 Å². The maximum absolute atomic E-state index is 13.9. The first-order valence-electron chi connectivity index (χ1n) is 6.91. The molecule has 1 aromatic rings. The van der Waals surface area contributed by atoms with E-state index < -0.39 is 21.8 Å². The van der Waals surface area contributed by atoms with Crippen molar-refractivity contribution in [3.8, 4) is 5.75 Å². The number of hydrogen-bond donors (Lipinski definition) is 1. The van der Waals surface area contributed by atoms with Crippen LogP contribution in [0.5, 0.6) is 5.75 Å². The van der Waals surface area contributed by atoms with Crippen LogP contribution in [-0.4, -0.2) is 32.1 Å². The molecule has 1 heterocycles. The van der Waals surface area contributed by atoms with Crippen molar-refractivity contribution in [3.05, 3.63) is 29.6 Å². The summed E-state index contributed by atoms with van der Waals surface area (Å²) < 4.78 is 42.1. The van der Waals surface area contributed by atoms with Gasteiger partial charge in [0.15, 0.2) is 21.4 Å². The van der Waals surface area contributed by atoms with E-state index in [0.717, 1.165) is 5.56 Å². The lowest BCUT2D eigenvalue weighted by atomic mass is 10.2. The summed E-state index contributed by atoms with van der Waals surface area (Å²) in [4.78, 5) is 0. The number of halogens is 1. The van der Waals surface area contributed by atoms with Crippen LogP contribution in [0.2, 0.25) is 0 Å². The first-order valence-corrected chi connectivity index (χ1v) is 8.73. The predicted molar refractivity (Wildman–Crippen MR) is 73.9 cm³/mol. The maximum atomic E-state index is 13.9. The highest BCUT2D eigenvalue weighted by molar-refractivity contribution is 7.91. The van der Waals surface area contributed by atoms with E-state index in [0.29, 0.717) is 19.0 Å². The molecule has 1 saturated heterocycles. The zero-order valence-electron chi connectivity index (χ0n) is 11.1. The molecule has 1 aliphatic carbocycles. The van der Waals surface area contributed by atoms with Crippen molar-refractivity contribution in [2.75, 3.05) is 11.5 Å². The summed E-state index contributed by atoms with van der Waals surface area (Å²) in [5, 5.41) is 3.32. The van der Waals surface area contributed by atoms with E-state index in [1.165, 1.54) is 18.9 Å². The fourth-order valence-electron chi connectivity index (χ4n) is 2.33. The van der Waals surface area contributed by atoms with Crippen LogP contribution in [0.1, 0.15) is 24.8 Å². The van der Waals surface area contributed by atoms with Crippen molar-refractivity contribution in [2.45, 2.75) is 38.0 Å². The maximum Gasteiger partial charge on any atom is 0.165 e. The van der Waals surface area contributed by atoms with Crippen LogP contribution < -0.4 is 10.1 Å². The molecule has 3 rings (SSSR count). The number of hydrogen-bond acceptors (Lipinski definition) is 4. The third kappa shape index (κ3) is 3.49. The van der Waals surface area contributed by atoms with Gasteiger partial charge >= 0.3 is 0 Å². The Hall–Kier alpha value is -1.14. The van der Waals surface area contributed by atoms with Crippen LogP contribution in [0.15, 0.2) is 18.2 Å². The first-order chi connectivity index (χ1) is 9.52. The minimum absolute atomic E-state index is 0.0164. The van der Waals surface area contributed by atoms with Gasteiger partial charge in [0.05, 0.1) is 11.5 Å². The highest BCUT2D eigenvalue weighted by atomic mass is 32.2. The van der Waals surface area contributed by atoms with Crippen molar-refractivity contribution < 1.29 is 17.5 Å². The van der Waals surface area contributed by atoms with Gasteiger partial charge in [-0.25, -0.2) is 12.8 Å². The third-order valence-electron chi connectivity index (χ3n) is 3.65. The average molecular weight is 299 g/mol. The molecule has 2 aliphatic rings. The normalized spacial score (nSPS) is 24.8. The van der Waals surface area contributed by atoms with Gasteiger partial charge in [0.1, 0.15) is 6.10 Å². The van der Waals surface area contributed by atoms with E-state index in [9.17, 15) is 12.8 Å². The molecule has 20 heavy (non-hydrogen) atoms. The Kier molecular flexibility index (Phi) is 3.69. The van der Waals surface area contributed by atoms with Crippen LogP contribution in [0.25, 0.3) is 0 Å². The molecule has 1 aliphatic heterocycles. The summed E-state index contributed by atoms with van der Waals surface area (Å²) in [5.74, 6) is -0.174. The number of benzene rings is 1. The van der Waals surface area contributed by atoms with Gasteiger partial charge in [-0.3, -0.25) is 0 Å². The summed E-state index contributed by atoms with van der Waals surface area (Å²) in [5.41, 5.74) is 0.876. The van der Waals surface area contributed by atoms with Gasteiger partial charge < -0.3 is 10.1 Å². The second kappa shape index (κ2) is 5.33. The third-order valence-corrected chi connectivity index (χ3v) is 5.39.